The Hall–Kier alpha value is -2.42. The summed E-state index contributed by atoms with van der Waals surface area (Å²) in [6, 6.07) is 5.99. The predicted octanol–water partition coefficient (Wildman–Crippen LogP) is 6.10. The third kappa shape index (κ3) is 3.70. The van der Waals surface area contributed by atoms with E-state index in [-0.39, 0.29) is 0 Å². The SMILES string of the molecule is Cc1nc2sc3c(c2c(-c2ccc4nsnc4c2)c1[C@H](OC(C)(C)C)C(=O)O)CCCC3. The zero-order valence-corrected chi connectivity index (χ0v) is 20.2. The normalized spacial score (nSPS) is 15.2. The predicted molar refractivity (Wildman–Crippen MR) is 129 cm³/mol. The van der Waals surface area contributed by atoms with Gasteiger partial charge in [0, 0.05) is 27.1 Å². The number of carbonyl (C=O) groups is 1. The summed E-state index contributed by atoms with van der Waals surface area (Å²) >= 11 is 2.93. The lowest BCUT2D eigenvalue weighted by Crippen LogP contribution is -2.28. The van der Waals surface area contributed by atoms with Crippen LogP contribution in [0.2, 0.25) is 0 Å². The average Bonchev–Trinajstić information content (AvgIpc) is 3.33. The topological polar surface area (TPSA) is 85.2 Å². The van der Waals surface area contributed by atoms with Crippen molar-refractivity contribution in [3.63, 3.8) is 0 Å². The van der Waals surface area contributed by atoms with E-state index in [1.165, 1.54) is 28.6 Å². The average molecular weight is 468 g/mol. The number of hydrogen-bond donors (Lipinski definition) is 1. The van der Waals surface area contributed by atoms with Crippen molar-refractivity contribution in [2.24, 2.45) is 0 Å². The number of ether oxygens (including phenoxy) is 1. The molecule has 5 rings (SSSR count). The molecule has 0 unspecified atom stereocenters. The molecule has 0 fully saturated rings. The van der Waals surface area contributed by atoms with Gasteiger partial charge in [-0.05, 0) is 76.6 Å². The van der Waals surface area contributed by atoms with E-state index < -0.39 is 17.7 Å². The van der Waals surface area contributed by atoms with Crippen LogP contribution in [-0.4, -0.2) is 30.4 Å². The van der Waals surface area contributed by atoms with Crippen molar-refractivity contribution >= 4 is 50.3 Å². The first-order chi connectivity index (χ1) is 15.2. The van der Waals surface area contributed by atoms with Gasteiger partial charge in [-0.3, -0.25) is 0 Å². The standard InChI is InChI=1S/C24H25N3O3S2/c1-12-18(21(23(28)29)30-24(2,3)4)19(13-9-10-15-16(11-13)27-32-26-15)20-14-7-5-6-8-17(14)31-22(20)25-12/h9-11,21H,5-8H2,1-4H3,(H,28,29)/t21-/m0/s1. The Balaban J connectivity index is 1.87. The van der Waals surface area contributed by atoms with Crippen molar-refractivity contribution < 1.29 is 14.6 Å². The lowest BCUT2D eigenvalue weighted by atomic mass is 9.88. The maximum atomic E-state index is 12.5. The summed E-state index contributed by atoms with van der Waals surface area (Å²) < 4.78 is 14.9. The van der Waals surface area contributed by atoms with Gasteiger partial charge in [0.15, 0.2) is 6.10 Å². The molecule has 8 heteroatoms. The molecule has 0 saturated heterocycles. The summed E-state index contributed by atoms with van der Waals surface area (Å²) in [5.41, 5.74) is 5.52. The maximum absolute atomic E-state index is 12.5. The first kappa shape index (κ1) is 21.4. The second-order valence-corrected chi connectivity index (χ2v) is 10.9. The second-order valence-electron chi connectivity index (χ2n) is 9.29. The Labute approximate surface area is 194 Å². The van der Waals surface area contributed by atoms with E-state index in [1.54, 1.807) is 11.3 Å². The fourth-order valence-corrected chi connectivity index (χ4v) is 6.40. The van der Waals surface area contributed by atoms with Crippen LogP contribution < -0.4 is 0 Å². The number of carboxylic acid groups (broad SMARTS) is 1. The van der Waals surface area contributed by atoms with E-state index in [9.17, 15) is 9.90 Å². The van der Waals surface area contributed by atoms with Crippen LogP contribution in [0.15, 0.2) is 18.2 Å². The van der Waals surface area contributed by atoms with E-state index in [0.29, 0.717) is 11.3 Å². The number of fused-ring (bicyclic) bond motifs is 4. The van der Waals surface area contributed by atoms with Gasteiger partial charge in [0.1, 0.15) is 15.9 Å². The van der Waals surface area contributed by atoms with Crippen LogP contribution in [0.25, 0.3) is 32.4 Å². The summed E-state index contributed by atoms with van der Waals surface area (Å²) in [4.78, 5) is 19.7. The Morgan fingerprint density at radius 2 is 1.91 bits per heavy atom. The van der Waals surface area contributed by atoms with Crippen LogP contribution in [0.5, 0.6) is 0 Å². The van der Waals surface area contributed by atoms with E-state index in [0.717, 1.165) is 51.6 Å². The van der Waals surface area contributed by atoms with Gasteiger partial charge in [-0.1, -0.05) is 6.07 Å². The fraction of sp³-hybridized carbons (Fsp3) is 0.417. The van der Waals surface area contributed by atoms with Crippen molar-refractivity contribution in [2.75, 3.05) is 0 Å². The largest absolute Gasteiger partial charge is 0.479 e. The van der Waals surface area contributed by atoms with Crippen molar-refractivity contribution in [2.45, 2.75) is 65.1 Å². The summed E-state index contributed by atoms with van der Waals surface area (Å²) in [5.74, 6) is -1.01. The number of aromatic nitrogens is 3. The molecule has 1 aliphatic carbocycles. The molecule has 0 aliphatic heterocycles. The van der Waals surface area contributed by atoms with Crippen molar-refractivity contribution in [3.8, 4) is 11.1 Å². The quantitative estimate of drug-likeness (QED) is 0.390. The van der Waals surface area contributed by atoms with Crippen LogP contribution >= 0.6 is 23.1 Å². The molecule has 1 aliphatic rings. The van der Waals surface area contributed by atoms with Crippen molar-refractivity contribution in [3.05, 3.63) is 39.9 Å². The Bertz CT molecular complexity index is 1350. The van der Waals surface area contributed by atoms with E-state index in [2.05, 4.69) is 8.75 Å². The number of benzene rings is 1. The monoisotopic (exact) mass is 467 g/mol. The first-order valence-corrected chi connectivity index (χ1v) is 12.4. The molecule has 0 saturated carbocycles. The molecule has 4 aromatic rings. The van der Waals surface area contributed by atoms with Gasteiger partial charge < -0.3 is 9.84 Å². The van der Waals surface area contributed by atoms with E-state index in [4.69, 9.17) is 9.72 Å². The number of pyridine rings is 1. The molecule has 0 spiro atoms. The number of nitrogens with zero attached hydrogens (tertiary/aromatic N) is 3. The molecule has 0 radical (unpaired) electrons. The van der Waals surface area contributed by atoms with Crippen LogP contribution in [0.4, 0.5) is 0 Å². The lowest BCUT2D eigenvalue weighted by molar-refractivity contribution is -0.160. The number of aryl methyl sites for hydroxylation is 3. The van der Waals surface area contributed by atoms with Gasteiger partial charge in [-0.25, -0.2) is 9.78 Å². The van der Waals surface area contributed by atoms with E-state index >= 15 is 0 Å². The molecule has 0 amide bonds. The molecule has 1 atom stereocenters. The highest BCUT2D eigenvalue weighted by Gasteiger charge is 2.34. The summed E-state index contributed by atoms with van der Waals surface area (Å²) in [7, 11) is 0. The highest BCUT2D eigenvalue weighted by atomic mass is 32.1. The Morgan fingerprint density at radius 3 is 2.66 bits per heavy atom. The first-order valence-electron chi connectivity index (χ1n) is 10.8. The fourth-order valence-electron chi connectivity index (χ4n) is 4.56. The third-order valence-corrected chi connectivity index (χ3v) is 7.57. The maximum Gasteiger partial charge on any atom is 0.337 e. The molecule has 3 heterocycles. The van der Waals surface area contributed by atoms with Gasteiger partial charge in [0.2, 0.25) is 0 Å². The summed E-state index contributed by atoms with van der Waals surface area (Å²) in [6.45, 7) is 7.53. The molecular formula is C24H25N3O3S2. The van der Waals surface area contributed by atoms with Gasteiger partial charge in [-0.2, -0.15) is 8.75 Å². The smallest absolute Gasteiger partial charge is 0.337 e. The summed E-state index contributed by atoms with van der Waals surface area (Å²) in [5, 5.41) is 11.3. The van der Waals surface area contributed by atoms with Gasteiger partial charge in [-0.15, -0.1) is 11.3 Å². The number of hydrogen-bond acceptors (Lipinski definition) is 7. The highest BCUT2D eigenvalue weighted by Crippen LogP contribution is 2.46. The van der Waals surface area contributed by atoms with E-state index in [1.807, 2.05) is 45.9 Å². The molecule has 166 valence electrons. The van der Waals surface area contributed by atoms with Crippen molar-refractivity contribution in [1.29, 1.82) is 0 Å². The highest BCUT2D eigenvalue weighted by molar-refractivity contribution is 7.19. The number of aliphatic carboxylic acids is 1. The Kier molecular flexibility index (Phi) is 5.27. The zero-order valence-electron chi connectivity index (χ0n) is 18.6. The van der Waals surface area contributed by atoms with Crippen LogP contribution in [0, 0.1) is 6.92 Å². The molecule has 1 aromatic carbocycles. The molecular weight excluding hydrogens is 442 g/mol. The van der Waals surface area contributed by atoms with Gasteiger partial charge in [0.05, 0.1) is 17.3 Å². The number of carboxylic acids is 1. The third-order valence-electron chi connectivity index (χ3n) is 5.83. The number of rotatable bonds is 4. The zero-order chi connectivity index (χ0) is 22.6. The summed E-state index contributed by atoms with van der Waals surface area (Å²) in [6.07, 6.45) is 3.25. The van der Waals surface area contributed by atoms with Crippen LogP contribution in [0.1, 0.15) is 61.4 Å². The van der Waals surface area contributed by atoms with Gasteiger partial charge in [0.25, 0.3) is 0 Å². The molecule has 0 bridgehead atoms. The lowest BCUT2D eigenvalue weighted by Gasteiger charge is -2.28. The minimum absolute atomic E-state index is 0.626. The minimum atomic E-state index is -1.12. The molecule has 3 aromatic heterocycles. The molecule has 32 heavy (non-hydrogen) atoms. The molecule has 1 N–H and O–H groups in total. The van der Waals surface area contributed by atoms with Gasteiger partial charge >= 0.3 is 5.97 Å². The Morgan fingerprint density at radius 1 is 1.16 bits per heavy atom. The molecule has 6 nitrogen and oxygen atoms in total. The minimum Gasteiger partial charge on any atom is -0.479 e. The van der Waals surface area contributed by atoms with Crippen LogP contribution in [0.3, 0.4) is 0 Å². The number of thiophene rings is 1. The van der Waals surface area contributed by atoms with Crippen molar-refractivity contribution in [1.82, 2.24) is 13.7 Å². The van der Waals surface area contributed by atoms with Crippen LogP contribution in [-0.2, 0) is 22.4 Å². The second kappa shape index (κ2) is 7.86.